The maximum atomic E-state index is 8.78. The van der Waals surface area contributed by atoms with Crippen LogP contribution in [0.4, 0.5) is 5.69 Å². The Bertz CT molecular complexity index is 364. The zero-order valence-electron chi connectivity index (χ0n) is 9.05. The molecule has 0 aromatic heterocycles. The van der Waals surface area contributed by atoms with E-state index in [9.17, 15) is 0 Å². The highest BCUT2D eigenvalue weighted by atomic mass is 35.5. The lowest BCUT2D eigenvalue weighted by molar-refractivity contribution is 0.672. The van der Waals surface area contributed by atoms with Gasteiger partial charge in [0.15, 0.2) is 0 Å². The van der Waals surface area contributed by atoms with Crippen LogP contribution in [0.15, 0.2) is 18.2 Å². The molecule has 0 fully saturated rings. The fraction of sp³-hybridized carbons (Fsp3) is 0.417. The van der Waals surface area contributed by atoms with E-state index in [0.717, 1.165) is 18.5 Å². The summed E-state index contributed by atoms with van der Waals surface area (Å²) < 4.78 is 0. The second kappa shape index (κ2) is 5.63. The molecule has 0 saturated carbocycles. The summed E-state index contributed by atoms with van der Waals surface area (Å²) in [5.41, 5.74) is 1.48. The Morgan fingerprint density at radius 2 is 2.07 bits per heavy atom. The molecule has 0 radical (unpaired) electrons. The van der Waals surface area contributed by atoms with E-state index in [0.29, 0.717) is 16.6 Å². The highest BCUT2D eigenvalue weighted by Crippen LogP contribution is 2.24. The van der Waals surface area contributed by atoms with Crippen LogP contribution in [0.1, 0.15) is 32.3 Å². The number of nitrogens with one attached hydrogen (secondary N) is 1. The Morgan fingerprint density at radius 1 is 1.40 bits per heavy atom. The van der Waals surface area contributed by atoms with E-state index in [2.05, 4.69) is 25.2 Å². The molecule has 3 heteroatoms. The lowest BCUT2D eigenvalue weighted by Crippen LogP contribution is -2.17. The number of anilines is 1. The van der Waals surface area contributed by atoms with Gasteiger partial charge in [0.2, 0.25) is 0 Å². The minimum atomic E-state index is 0.413. The standard InChI is InChI=1S/C12H15ClN2/c1-3-10(4-2)15-12-7-9(8-14)5-6-11(12)13/h5-7,10,15H,3-4H2,1-2H3. The number of rotatable bonds is 4. The van der Waals surface area contributed by atoms with Crippen LogP contribution in [-0.4, -0.2) is 6.04 Å². The van der Waals surface area contributed by atoms with E-state index < -0.39 is 0 Å². The first kappa shape index (κ1) is 11.9. The molecular formula is C12H15ClN2. The van der Waals surface area contributed by atoms with Crippen LogP contribution in [0.5, 0.6) is 0 Å². The van der Waals surface area contributed by atoms with Crippen LogP contribution in [0.25, 0.3) is 0 Å². The SMILES string of the molecule is CCC(CC)Nc1cc(C#N)ccc1Cl. The number of hydrogen-bond donors (Lipinski definition) is 1. The van der Waals surface area contributed by atoms with Crippen LogP contribution in [0, 0.1) is 11.3 Å². The molecular weight excluding hydrogens is 208 g/mol. The average Bonchev–Trinajstić information content (AvgIpc) is 2.28. The van der Waals surface area contributed by atoms with Crippen molar-refractivity contribution in [2.75, 3.05) is 5.32 Å². The van der Waals surface area contributed by atoms with Crippen molar-refractivity contribution in [3.63, 3.8) is 0 Å². The van der Waals surface area contributed by atoms with Gasteiger partial charge < -0.3 is 5.32 Å². The molecule has 0 aliphatic carbocycles. The monoisotopic (exact) mass is 222 g/mol. The average molecular weight is 223 g/mol. The maximum absolute atomic E-state index is 8.78. The van der Waals surface area contributed by atoms with Gasteiger partial charge in [-0.15, -0.1) is 0 Å². The predicted molar refractivity (Wildman–Crippen MR) is 64.2 cm³/mol. The van der Waals surface area contributed by atoms with Crippen molar-refractivity contribution in [2.24, 2.45) is 0 Å². The van der Waals surface area contributed by atoms with Crippen LogP contribution < -0.4 is 5.32 Å². The summed E-state index contributed by atoms with van der Waals surface area (Å²) in [5, 5.41) is 12.8. The third-order valence-electron chi connectivity index (χ3n) is 2.44. The van der Waals surface area contributed by atoms with Gasteiger partial charge in [0, 0.05) is 6.04 Å². The summed E-state index contributed by atoms with van der Waals surface area (Å²) in [7, 11) is 0. The fourth-order valence-corrected chi connectivity index (χ4v) is 1.59. The first-order valence-corrected chi connectivity index (χ1v) is 5.55. The Kier molecular flexibility index (Phi) is 4.45. The molecule has 2 nitrogen and oxygen atoms in total. The summed E-state index contributed by atoms with van der Waals surface area (Å²) in [4.78, 5) is 0. The molecule has 0 bridgehead atoms. The van der Waals surface area contributed by atoms with Gasteiger partial charge in [-0.25, -0.2) is 0 Å². The lowest BCUT2D eigenvalue weighted by atomic mass is 10.1. The molecule has 0 aliphatic rings. The minimum Gasteiger partial charge on any atom is -0.381 e. The highest BCUT2D eigenvalue weighted by molar-refractivity contribution is 6.33. The number of benzene rings is 1. The summed E-state index contributed by atoms with van der Waals surface area (Å²) in [5.74, 6) is 0. The smallest absolute Gasteiger partial charge is 0.0992 e. The molecule has 1 aromatic rings. The normalized spacial score (nSPS) is 10.1. The Labute approximate surface area is 95.9 Å². The van der Waals surface area contributed by atoms with Gasteiger partial charge in [0.05, 0.1) is 22.3 Å². The van der Waals surface area contributed by atoms with Crippen molar-refractivity contribution in [3.05, 3.63) is 28.8 Å². The summed E-state index contributed by atoms with van der Waals surface area (Å²) >= 11 is 6.04. The molecule has 0 amide bonds. The molecule has 1 rings (SSSR count). The minimum absolute atomic E-state index is 0.413. The van der Waals surface area contributed by atoms with E-state index in [-0.39, 0.29) is 0 Å². The van der Waals surface area contributed by atoms with Gasteiger partial charge in [-0.05, 0) is 31.0 Å². The van der Waals surface area contributed by atoms with Gasteiger partial charge in [0.1, 0.15) is 0 Å². The van der Waals surface area contributed by atoms with E-state index >= 15 is 0 Å². The molecule has 1 aromatic carbocycles. The molecule has 0 unspecified atom stereocenters. The van der Waals surface area contributed by atoms with Crippen LogP contribution in [0.2, 0.25) is 5.02 Å². The van der Waals surface area contributed by atoms with Crippen molar-refractivity contribution in [1.82, 2.24) is 0 Å². The molecule has 0 atom stereocenters. The molecule has 80 valence electrons. The van der Waals surface area contributed by atoms with Crippen molar-refractivity contribution in [1.29, 1.82) is 5.26 Å². The van der Waals surface area contributed by atoms with Crippen molar-refractivity contribution >= 4 is 17.3 Å². The molecule has 0 saturated heterocycles. The number of nitrogens with zero attached hydrogens (tertiary/aromatic N) is 1. The zero-order valence-corrected chi connectivity index (χ0v) is 9.80. The maximum Gasteiger partial charge on any atom is 0.0992 e. The molecule has 0 spiro atoms. The van der Waals surface area contributed by atoms with Crippen LogP contribution >= 0.6 is 11.6 Å². The van der Waals surface area contributed by atoms with Crippen molar-refractivity contribution in [2.45, 2.75) is 32.7 Å². The van der Waals surface area contributed by atoms with Gasteiger partial charge >= 0.3 is 0 Å². The highest BCUT2D eigenvalue weighted by Gasteiger charge is 2.06. The number of nitriles is 1. The zero-order chi connectivity index (χ0) is 11.3. The Hall–Kier alpha value is -1.20. The van der Waals surface area contributed by atoms with Crippen LogP contribution in [0.3, 0.4) is 0 Å². The first-order valence-electron chi connectivity index (χ1n) is 5.17. The fourth-order valence-electron chi connectivity index (χ4n) is 1.42. The summed E-state index contributed by atoms with van der Waals surface area (Å²) in [6, 6.07) is 7.79. The third kappa shape index (κ3) is 3.14. The molecule has 0 heterocycles. The Balaban J connectivity index is 2.88. The second-order valence-corrected chi connectivity index (χ2v) is 3.87. The van der Waals surface area contributed by atoms with Crippen molar-refractivity contribution in [3.8, 4) is 6.07 Å². The Morgan fingerprint density at radius 3 is 2.60 bits per heavy atom. The van der Waals surface area contributed by atoms with E-state index in [1.54, 1.807) is 18.2 Å². The topological polar surface area (TPSA) is 35.8 Å². The molecule has 15 heavy (non-hydrogen) atoms. The first-order chi connectivity index (χ1) is 7.21. The number of hydrogen-bond acceptors (Lipinski definition) is 2. The van der Waals surface area contributed by atoms with Gasteiger partial charge in [-0.2, -0.15) is 5.26 Å². The second-order valence-electron chi connectivity index (χ2n) is 3.46. The van der Waals surface area contributed by atoms with E-state index in [4.69, 9.17) is 16.9 Å². The molecule has 1 N–H and O–H groups in total. The summed E-state index contributed by atoms with van der Waals surface area (Å²) in [6.45, 7) is 4.26. The van der Waals surface area contributed by atoms with Crippen LogP contribution in [-0.2, 0) is 0 Å². The van der Waals surface area contributed by atoms with E-state index in [1.165, 1.54) is 0 Å². The largest absolute Gasteiger partial charge is 0.381 e. The number of halogens is 1. The van der Waals surface area contributed by atoms with Gasteiger partial charge in [0.25, 0.3) is 0 Å². The van der Waals surface area contributed by atoms with E-state index in [1.807, 2.05) is 0 Å². The van der Waals surface area contributed by atoms with Gasteiger partial charge in [-0.3, -0.25) is 0 Å². The van der Waals surface area contributed by atoms with Gasteiger partial charge in [-0.1, -0.05) is 25.4 Å². The summed E-state index contributed by atoms with van der Waals surface area (Å²) in [6.07, 6.45) is 2.09. The van der Waals surface area contributed by atoms with Crippen molar-refractivity contribution < 1.29 is 0 Å². The predicted octanol–water partition coefficient (Wildman–Crippen LogP) is 3.81. The quantitative estimate of drug-likeness (QED) is 0.841. The third-order valence-corrected chi connectivity index (χ3v) is 2.77. The molecule has 0 aliphatic heterocycles. The lowest BCUT2D eigenvalue weighted by Gasteiger charge is -2.17.